The second-order valence-corrected chi connectivity index (χ2v) is 14.3. The van der Waals surface area contributed by atoms with Crippen molar-refractivity contribution in [1.29, 1.82) is 0 Å². The van der Waals surface area contributed by atoms with Gasteiger partial charge < -0.3 is 0 Å². The van der Waals surface area contributed by atoms with E-state index in [1.807, 2.05) is 24.3 Å². The van der Waals surface area contributed by atoms with E-state index >= 15 is 0 Å². The van der Waals surface area contributed by atoms with E-state index in [0.717, 1.165) is 55.5 Å². The molecule has 0 saturated carbocycles. The maximum absolute atomic E-state index is 7.94. The second-order valence-electron chi connectivity index (χ2n) is 14.3. The maximum Gasteiger partial charge on any atom is 0.187 e. The summed E-state index contributed by atoms with van der Waals surface area (Å²) in [5.41, 5.74) is 17.2. The lowest BCUT2D eigenvalue weighted by atomic mass is 9.70. The third kappa shape index (κ3) is 4.56. The molecule has 8 aromatic carbocycles. The molecule has 0 N–H and O–H groups in total. The first-order valence-electron chi connectivity index (χ1n) is 18.6. The fraction of sp³-hybridized carbons (Fsp3) is 0.0192. The SMILES string of the molecule is [C-]#[N+]c1ccc2c(c1)-c1c(-c3ccc(-c4cc(-c5ccccc5)nc(-c5cccc6ccccc56)n4)cc3)cccc1C21c2ccccc2-c2ccccc21. The van der Waals surface area contributed by atoms with Gasteiger partial charge in [0.25, 0.3) is 0 Å². The van der Waals surface area contributed by atoms with E-state index in [-0.39, 0.29) is 0 Å². The zero-order valence-corrected chi connectivity index (χ0v) is 29.7. The first-order valence-corrected chi connectivity index (χ1v) is 18.6. The van der Waals surface area contributed by atoms with Crippen molar-refractivity contribution >= 4 is 16.5 Å². The Labute approximate surface area is 319 Å². The van der Waals surface area contributed by atoms with E-state index in [9.17, 15) is 0 Å². The lowest BCUT2D eigenvalue weighted by Crippen LogP contribution is -2.25. The van der Waals surface area contributed by atoms with Crippen LogP contribution < -0.4 is 0 Å². The zero-order valence-electron chi connectivity index (χ0n) is 29.7. The van der Waals surface area contributed by atoms with Gasteiger partial charge in [0.1, 0.15) is 0 Å². The molecule has 0 aliphatic heterocycles. The van der Waals surface area contributed by atoms with Gasteiger partial charge in [-0.2, -0.15) is 0 Å². The summed E-state index contributed by atoms with van der Waals surface area (Å²) in [7, 11) is 0. The number of rotatable bonds is 4. The van der Waals surface area contributed by atoms with Crippen molar-refractivity contribution in [1.82, 2.24) is 9.97 Å². The largest absolute Gasteiger partial charge is 0.238 e. The molecular formula is C52H31N3. The highest BCUT2D eigenvalue weighted by atomic mass is 14.9. The molecule has 0 atom stereocenters. The molecule has 0 amide bonds. The molecule has 0 bridgehead atoms. The molecule has 2 aliphatic rings. The molecule has 1 aromatic heterocycles. The number of benzene rings is 8. The third-order valence-corrected chi connectivity index (χ3v) is 11.5. The van der Waals surface area contributed by atoms with E-state index in [0.29, 0.717) is 11.5 Å². The molecule has 3 nitrogen and oxygen atoms in total. The first-order chi connectivity index (χ1) is 27.2. The van der Waals surface area contributed by atoms with Gasteiger partial charge in [-0.05, 0) is 78.5 Å². The fourth-order valence-electron chi connectivity index (χ4n) is 9.20. The fourth-order valence-corrected chi connectivity index (χ4v) is 9.20. The van der Waals surface area contributed by atoms with Gasteiger partial charge in [-0.3, -0.25) is 0 Å². The summed E-state index contributed by atoms with van der Waals surface area (Å²) in [6.45, 7) is 7.94. The summed E-state index contributed by atoms with van der Waals surface area (Å²) in [6.07, 6.45) is 0. The standard InChI is InChI=1S/C52H31N3/c1-53-37-29-30-46-43(31-37)50-39(20-12-24-47(50)52(46)44-22-9-7-18-40(44)41-19-8-10-23-45(41)52)34-25-27-36(28-26-34)49-32-48(35-14-3-2-4-15-35)54-51(55-49)42-21-11-16-33-13-5-6-17-38(33)42/h2-32H. The van der Waals surface area contributed by atoms with Gasteiger partial charge in [0.2, 0.25) is 0 Å². The van der Waals surface area contributed by atoms with Crippen LogP contribution >= 0.6 is 0 Å². The van der Waals surface area contributed by atoms with Crippen molar-refractivity contribution in [3.8, 4) is 67.3 Å². The molecule has 0 unspecified atom stereocenters. The van der Waals surface area contributed by atoms with E-state index in [1.165, 1.54) is 38.9 Å². The van der Waals surface area contributed by atoms with Crippen LogP contribution in [0.2, 0.25) is 0 Å². The maximum atomic E-state index is 7.94. The summed E-state index contributed by atoms with van der Waals surface area (Å²) in [5, 5.41) is 2.29. The van der Waals surface area contributed by atoms with Gasteiger partial charge >= 0.3 is 0 Å². The van der Waals surface area contributed by atoms with Gasteiger partial charge in [0.15, 0.2) is 11.5 Å². The minimum atomic E-state index is -0.471. The summed E-state index contributed by atoms with van der Waals surface area (Å²) in [4.78, 5) is 14.2. The Hall–Kier alpha value is -7.41. The van der Waals surface area contributed by atoms with Gasteiger partial charge in [-0.15, -0.1) is 0 Å². The van der Waals surface area contributed by atoms with Crippen molar-refractivity contribution in [3.63, 3.8) is 0 Å². The highest BCUT2D eigenvalue weighted by Gasteiger charge is 2.52. The number of nitrogens with zero attached hydrogens (tertiary/aromatic N) is 3. The number of hydrogen-bond donors (Lipinski definition) is 0. The van der Waals surface area contributed by atoms with E-state index in [4.69, 9.17) is 16.5 Å². The lowest BCUT2D eigenvalue weighted by molar-refractivity contribution is 0.794. The summed E-state index contributed by atoms with van der Waals surface area (Å²) < 4.78 is 0. The van der Waals surface area contributed by atoms with E-state index in [1.54, 1.807) is 0 Å². The van der Waals surface area contributed by atoms with Crippen molar-refractivity contribution in [2.75, 3.05) is 0 Å². The molecule has 0 saturated heterocycles. The molecule has 11 rings (SSSR count). The Morgan fingerprint density at radius 2 is 0.945 bits per heavy atom. The molecule has 1 heterocycles. The van der Waals surface area contributed by atoms with Crippen LogP contribution in [0.15, 0.2) is 188 Å². The van der Waals surface area contributed by atoms with Gasteiger partial charge in [0.05, 0.1) is 23.4 Å². The summed E-state index contributed by atoms with van der Waals surface area (Å²) in [5.74, 6) is 0.702. The predicted molar refractivity (Wildman–Crippen MR) is 224 cm³/mol. The van der Waals surface area contributed by atoms with Crippen molar-refractivity contribution in [3.05, 3.63) is 222 Å². The average molecular weight is 698 g/mol. The van der Waals surface area contributed by atoms with Gasteiger partial charge in [-0.1, -0.05) is 176 Å². The number of fused-ring (bicyclic) bond motifs is 11. The topological polar surface area (TPSA) is 30.1 Å². The molecule has 0 fully saturated rings. The number of hydrogen-bond acceptors (Lipinski definition) is 2. The molecule has 3 heteroatoms. The van der Waals surface area contributed by atoms with Crippen LogP contribution in [-0.2, 0) is 5.41 Å². The summed E-state index contributed by atoms with van der Waals surface area (Å²) in [6, 6.07) is 66.6. The van der Waals surface area contributed by atoms with Crippen LogP contribution in [0.4, 0.5) is 5.69 Å². The highest BCUT2D eigenvalue weighted by molar-refractivity contribution is 6.01. The normalized spacial score (nSPS) is 12.9. The van der Waals surface area contributed by atoms with Crippen molar-refractivity contribution in [2.45, 2.75) is 5.41 Å². The Morgan fingerprint density at radius 1 is 0.400 bits per heavy atom. The Kier molecular flexibility index (Phi) is 6.83. The molecule has 1 spiro atoms. The minimum Gasteiger partial charge on any atom is -0.238 e. The van der Waals surface area contributed by atoms with Crippen LogP contribution in [0.3, 0.4) is 0 Å². The third-order valence-electron chi connectivity index (χ3n) is 11.5. The van der Waals surface area contributed by atoms with Crippen molar-refractivity contribution in [2.24, 2.45) is 0 Å². The smallest absolute Gasteiger partial charge is 0.187 e. The predicted octanol–water partition coefficient (Wildman–Crippen LogP) is 13.2. The van der Waals surface area contributed by atoms with Crippen LogP contribution in [0, 0.1) is 6.57 Å². The zero-order chi connectivity index (χ0) is 36.5. The van der Waals surface area contributed by atoms with Gasteiger partial charge in [0, 0.05) is 16.7 Å². The Bertz CT molecular complexity index is 2990. The molecular weight excluding hydrogens is 667 g/mol. The quantitative estimate of drug-likeness (QED) is 0.171. The van der Waals surface area contributed by atoms with Crippen LogP contribution in [0.1, 0.15) is 22.3 Å². The van der Waals surface area contributed by atoms with Crippen LogP contribution in [-0.4, -0.2) is 9.97 Å². The first kappa shape index (κ1) is 31.1. The second kappa shape index (κ2) is 12.1. The Balaban J connectivity index is 1.09. The average Bonchev–Trinajstić information content (AvgIpc) is 3.73. The summed E-state index contributed by atoms with van der Waals surface area (Å²) >= 11 is 0. The van der Waals surface area contributed by atoms with Gasteiger partial charge in [-0.25, -0.2) is 14.8 Å². The molecule has 2 aliphatic carbocycles. The van der Waals surface area contributed by atoms with Crippen LogP contribution in [0.25, 0.3) is 82.9 Å². The molecule has 9 aromatic rings. The number of aromatic nitrogens is 2. The van der Waals surface area contributed by atoms with Crippen LogP contribution in [0.5, 0.6) is 0 Å². The highest BCUT2D eigenvalue weighted by Crippen LogP contribution is 2.64. The van der Waals surface area contributed by atoms with Crippen molar-refractivity contribution < 1.29 is 0 Å². The molecule has 0 radical (unpaired) electrons. The minimum absolute atomic E-state index is 0.471. The van der Waals surface area contributed by atoms with E-state index in [2.05, 4.69) is 169 Å². The molecule has 254 valence electrons. The molecule has 55 heavy (non-hydrogen) atoms. The van der Waals surface area contributed by atoms with E-state index < -0.39 is 5.41 Å². The monoisotopic (exact) mass is 697 g/mol. The lowest BCUT2D eigenvalue weighted by Gasteiger charge is -2.30. The Morgan fingerprint density at radius 3 is 1.69 bits per heavy atom.